The average molecular weight is 293 g/mol. The Hall–Kier alpha value is -2.61. The summed E-state index contributed by atoms with van der Waals surface area (Å²) in [7, 11) is 0. The van der Waals surface area contributed by atoms with Crippen molar-refractivity contribution in [1.29, 1.82) is 0 Å². The monoisotopic (exact) mass is 293 g/mol. The maximum atomic E-state index is 11.8. The molecule has 0 aliphatic rings. The van der Waals surface area contributed by atoms with Crippen molar-refractivity contribution < 1.29 is 24.2 Å². The number of hydrogen-bond donors (Lipinski definition) is 3. The highest BCUT2D eigenvalue weighted by Gasteiger charge is 2.15. The maximum absolute atomic E-state index is 11.8. The molecule has 0 saturated heterocycles. The first kappa shape index (κ1) is 14.8. The van der Waals surface area contributed by atoms with Gasteiger partial charge in [-0.15, -0.1) is 0 Å². The van der Waals surface area contributed by atoms with Crippen molar-refractivity contribution in [3.8, 4) is 0 Å². The Balaban J connectivity index is 1.83. The molecule has 0 bridgehead atoms. The molecule has 0 aliphatic heterocycles. The maximum Gasteiger partial charge on any atom is 0.332 e. The van der Waals surface area contributed by atoms with Gasteiger partial charge in [0.1, 0.15) is 5.76 Å². The van der Waals surface area contributed by atoms with Crippen LogP contribution in [0.4, 0.5) is 0 Å². The number of carboxylic acids is 1. The van der Waals surface area contributed by atoms with E-state index in [4.69, 9.17) is 14.6 Å². The molecule has 0 saturated carbocycles. The largest absolute Gasteiger partial charge is 0.479 e. The predicted octanol–water partition coefficient (Wildman–Crippen LogP) is 0.0898. The van der Waals surface area contributed by atoms with E-state index in [1.807, 2.05) is 0 Å². The molecule has 2 aromatic heterocycles. The number of aliphatic hydroxyl groups is 1. The molecule has 1 atom stereocenters. The van der Waals surface area contributed by atoms with Crippen LogP contribution in [-0.2, 0) is 11.3 Å². The van der Waals surface area contributed by atoms with Gasteiger partial charge in [-0.1, -0.05) is 0 Å². The molecule has 8 heteroatoms. The SMILES string of the molecule is O=C(NCC[C@H](O)C(=O)O)c1ccc(Cn2cccn2)o1. The van der Waals surface area contributed by atoms with Gasteiger partial charge in [-0.2, -0.15) is 5.10 Å². The summed E-state index contributed by atoms with van der Waals surface area (Å²) in [4.78, 5) is 22.2. The Morgan fingerprint density at radius 2 is 2.24 bits per heavy atom. The number of nitrogens with one attached hydrogen (secondary N) is 1. The fourth-order valence-electron chi connectivity index (χ4n) is 1.67. The number of nitrogens with zero attached hydrogens (tertiary/aromatic N) is 2. The topological polar surface area (TPSA) is 118 Å². The van der Waals surface area contributed by atoms with E-state index in [1.54, 1.807) is 29.2 Å². The van der Waals surface area contributed by atoms with Crippen LogP contribution in [0.15, 0.2) is 35.0 Å². The van der Waals surface area contributed by atoms with E-state index in [1.165, 1.54) is 6.07 Å². The number of rotatable bonds is 7. The summed E-state index contributed by atoms with van der Waals surface area (Å²) in [5.74, 6) is -1.07. The summed E-state index contributed by atoms with van der Waals surface area (Å²) in [5, 5.41) is 24.1. The molecule has 21 heavy (non-hydrogen) atoms. The molecule has 1 amide bonds. The molecule has 0 unspecified atom stereocenters. The van der Waals surface area contributed by atoms with Gasteiger partial charge in [0.05, 0.1) is 6.54 Å². The molecule has 0 fully saturated rings. The first-order valence-corrected chi connectivity index (χ1v) is 6.31. The normalized spacial score (nSPS) is 12.0. The second-order valence-corrected chi connectivity index (χ2v) is 4.37. The minimum atomic E-state index is -1.49. The van der Waals surface area contributed by atoms with E-state index >= 15 is 0 Å². The van der Waals surface area contributed by atoms with Crippen LogP contribution in [-0.4, -0.2) is 44.5 Å². The summed E-state index contributed by atoms with van der Waals surface area (Å²) < 4.78 is 7.03. The molecule has 0 spiro atoms. The highest BCUT2D eigenvalue weighted by Crippen LogP contribution is 2.09. The molecular weight excluding hydrogens is 278 g/mol. The lowest BCUT2D eigenvalue weighted by molar-refractivity contribution is -0.146. The van der Waals surface area contributed by atoms with Crippen LogP contribution >= 0.6 is 0 Å². The zero-order chi connectivity index (χ0) is 15.2. The lowest BCUT2D eigenvalue weighted by Crippen LogP contribution is -2.29. The van der Waals surface area contributed by atoms with Crippen molar-refractivity contribution in [3.63, 3.8) is 0 Å². The minimum absolute atomic E-state index is 0.0431. The average Bonchev–Trinajstić information content (AvgIpc) is 3.10. The van der Waals surface area contributed by atoms with Gasteiger partial charge in [-0.3, -0.25) is 9.48 Å². The lowest BCUT2D eigenvalue weighted by atomic mass is 10.2. The minimum Gasteiger partial charge on any atom is -0.479 e. The van der Waals surface area contributed by atoms with E-state index in [9.17, 15) is 9.59 Å². The number of carboxylic acid groups (broad SMARTS) is 1. The molecule has 0 aromatic carbocycles. The van der Waals surface area contributed by atoms with Crippen molar-refractivity contribution in [2.24, 2.45) is 0 Å². The second kappa shape index (κ2) is 6.71. The quantitative estimate of drug-likeness (QED) is 0.666. The number of aliphatic carboxylic acids is 1. The van der Waals surface area contributed by atoms with Crippen LogP contribution < -0.4 is 5.32 Å². The highest BCUT2D eigenvalue weighted by atomic mass is 16.4. The molecule has 0 aliphatic carbocycles. The lowest BCUT2D eigenvalue weighted by Gasteiger charge is -2.06. The Morgan fingerprint density at radius 1 is 1.43 bits per heavy atom. The van der Waals surface area contributed by atoms with Gasteiger partial charge in [0, 0.05) is 25.4 Å². The third kappa shape index (κ3) is 4.18. The van der Waals surface area contributed by atoms with E-state index < -0.39 is 18.0 Å². The van der Waals surface area contributed by atoms with E-state index in [-0.39, 0.29) is 18.7 Å². The second-order valence-electron chi connectivity index (χ2n) is 4.37. The number of carbonyl (C=O) groups is 2. The Labute approximate surface area is 120 Å². The number of aromatic nitrogens is 2. The standard InChI is InChI=1S/C13H15N3O5/c17-10(13(19)20)4-6-14-12(18)11-3-2-9(21-11)8-16-7-1-5-15-16/h1-3,5,7,10,17H,4,6,8H2,(H,14,18)(H,19,20)/t10-/m0/s1. The van der Waals surface area contributed by atoms with E-state index in [0.29, 0.717) is 12.3 Å². The van der Waals surface area contributed by atoms with E-state index in [2.05, 4.69) is 10.4 Å². The van der Waals surface area contributed by atoms with Crippen molar-refractivity contribution >= 4 is 11.9 Å². The fraction of sp³-hybridized carbons (Fsp3) is 0.308. The molecule has 2 rings (SSSR count). The Bertz CT molecular complexity index is 605. The van der Waals surface area contributed by atoms with Gasteiger partial charge >= 0.3 is 5.97 Å². The van der Waals surface area contributed by atoms with Crippen molar-refractivity contribution in [2.45, 2.75) is 19.1 Å². The Morgan fingerprint density at radius 3 is 2.90 bits per heavy atom. The first-order chi connectivity index (χ1) is 10.1. The van der Waals surface area contributed by atoms with Crippen LogP contribution in [0.25, 0.3) is 0 Å². The zero-order valence-electron chi connectivity index (χ0n) is 11.1. The van der Waals surface area contributed by atoms with Crippen molar-refractivity contribution in [1.82, 2.24) is 15.1 Å². The van der Waals surface area contributed by atoms with Crippen molar-refractivity contribution in [3.05, 3.63) is 42.1 Å². The number of furan rings is 1. The summed E-state index contributed by atoms with van der Waals surface area (Å²) >= 11 is 0. The molecule has 2 aromatic rings. The molecule has 0 radical (unpaired) electrons. The molecule has 3 N–H and O–H groups in total. The van der Waals surface area contributed by atoms with E-state index in [0.717, 1.165) is 0 Å². The third-order valence-corrected chi connectivity index (χ3v) is 2.75. The van der Waals surface area contributed by atoms with Crippen LogP contribution in [0.3, 0.4) is 0 Å². The predicted molar refractivity (Wildman–Crippen MR) is 70.6 cm³/mol. The van der Waals surface area contributed by atoms with Gasteiger partial charge in [0.15, 0.2) is 11.9 Å². The van der Waals surface area contributed by atoms with Gasteiger partial charge in [0.2, 0.25) is 0 Å². The number of hydrogen-bond acceptors (Lipinski definition) is 5. The fourth-order valence-corrected chi connectivity index (χ4v) is 1.67. The van der Waals surface area contributed by atoms with Gasteiger partial charge in [0.25, 0.3) is 5.91 Å². The smallest absolute Gasteiger partial charge is 0.332 e. The van der Waals surface area contributed by atoms with Gasteiger partial charge < -0.3 is 19.9 Å². The van der Waals surface area contributed by atoms with Crippen LogP contribution in [0.2, 0.25) is 0 Å². The summed E-state index contributed by atoms with van der Waals surface area (Å²) in [6.45, 7) is 0.458. The van der Waals surface area contributed by atoms with Crippen LogP contribution in [0, 0.1) is 0 Å². The zero-order valence-corrected chi connectivity index (χ0v) is 11.1. The summed E-state index contributed by atoms with van der Waals surface area (Å²) in [6.07, 6.45) is 1.86. The number of aliphatic hydroxyl groups excluding tert-OH is 1. The number of amides is 1. The van der Waals surface area contributed by atoms with Crippen LogP contribution in [0.5, 0.6) is 0 Å². The summed E-state index contributed by atoms with van der Waals surface area (Å²) in [6, 6.07) is 4.98. The van der Waals surface area contributed by atoms with Gasteiger partial charge in [-0.05, 0) is 18.2 Å². The molecule has 112 valence electrons. The highest BCUT2D eigenvalue weighted by molar-refractivity contribution is 5.91. The summed E-state index contributed by atoms with van der Waals surface area (Å²) in [5.41, 5.74) is 0. The first-order valence-electron chi connectivity index (χ1n) is 6.31. The van der Waals surface area contributed by atoms with Gasteiger partial charge in [-0.25, -0.2) is 4.79 Å². The molecule has 8 nitrogen and oxygen atoms in total. The van der Waals surface area contributed by atoms with Crippen molar-refractivity contribution in [2.75, 3.05) is 6.54 Å². The third-order valence-electron chi connectivity index (χ3n) is 2.75. The molecule has 2 heterocycles. The Kier molecular flexibility index (Phi) is 4.72. The molecular formula is C13H15N3O5. The van der Waals surface area contributed by atoms with Crippen LogP contribution in [0.1, 0.15) is 22.7 Å². The number of carbonyl (C=O) groups excluding carboxylic acids is 1.